The van der Waals surface area contributed by atoms with E-state index in [-0.39, 0.29) is 30.4 Å². The fraction of sp³-hybridized carbons (Fsp3) is 0.375. The number of Topliss-reactive ketones (excluding diaryl/α,β-unsaturated/α-hetero) is 1. The van der Waals surface area contributed by atoms with Crippen LogP contribution in [0.15, 0.2) is 36.4 Å². The van der Waals surface area contributed by atoms with Crippen LogP contribution in [0, 0.1) is 13.8 Å². The highest BCUT2D eigenvalue weighted by atomic mass is 32.2. The Morgan fingerprint density at radius 2 is 1.78 bits per heavy atom. The van der Waals surface area contributed by atoms with E-state index in [0.717, 1.165) is 16.8 Å². The van der Waals surface area contributed by atoms with Crippen LogP contribution in [0.1, 0.15) is 34.3 Å². The summed E-state index contributed by atoms with van der Waals surface area (Å²) >= 11 is 1.54. The lowest BCUT2D eigenvalue weighted by Gasteiger charge is -2.23. The van der Waals surface area contributed by atoms with Crippen LogP contribution in [-0.2, 0) is 9.59 Å². The molecule has 1 unspecified atom stereocenters. The molecule has 4 rings (SSSR count). The molecule has 0 spiro atoms. The van der Waals surface area contributed by atoms with Gasteiger partial charge < -0.3 is 19.7 Å². The molecule has 2 heterocycles. The minimum atomic E-state index is -0.543. The molecule has 8 heteroatoms. The monoisotopic (exact) mass is 454 g/mol. The highest BCUT2D eigenvalue weighted by molar-refractivity contribution is 7.99. The van der Waals surface area contributed by atoms with E-state index in [4.69, 9.17) is 9.47 Å². The summed E-state index contributed by atoms with van der Waals surface area (Å²) < 4.78 is 11.0. The van der Waals surface area contributed by atoms with Crippen LogP contribution in [-0.4, -0.2) is 53.4 Å². The van der Waals surface area contributed by atoms with Gasteiger partial charge >= 0.3 is 0 Å². The number of rotatable bonds is 6. The van der Waals surface area contributed by atoms with E-state index >= 15 is 0 Å². The minimum Gasteiger partial charge on any atom is -0.486 e. The molecule has 1 saturated heterocycles. The Kier molecular flexibility index (Phi) is 6.69. The number of nitrogens with zero attached hydrogens (tertiary/aromatic N) is 1. The Morgan fingerprint density at radius 3 is 2.56 bits per heavy atom. The number of aryl methyl sites for hydroxylation is 2. The third-order valence-corrected chi connectivity index (χ3v) is 6.72. The molecule has 2 aliphatic rings. The Labute approximate surface area is 191 Å². The van der Waals surface area contributed by atoms with E-state index in [1.807, 2.05) is 32.0 Å². The molecule has 2 amide bonds. The molecule has 1 atom stereocenters. The van der Waals surface area contributed by atoms with Gasteiger partial charge in [-0.25, -0.2) is 0 Å². The fourth-order valence-corrected chi connectivity index (χ4v) is 4.86. The van der Waals surface area contributed by atoms with Gasteiger partial charge in [0, 0.05) is 29.8 Å². The number of fused-ring (bicyclic) bond motifs is 1. The predicted octanol–water partition coefficient (Wildman–Crippen LogP) is 3.58. The minimum absolute atomic E-state index is 0.0568. The average Bonchev–Trinajstić information content (AvgIpc) is 3.29. The molecule has 0 aromatic heterocycles. The average molecular weight is 455 g/mol. The van der Waals surface area contributed by atoms with Gasteiger partial charge in [0.1, 0.15) is 19.3 Å². The summed E-state index contributed by atoms with van der Waals surface area (Å²) in [5.74, 6) is 1.62. The first-order valence-corrected chi connectivity index (χ1v) is 11.8. The molecule has 0 bridgehead atoms. The highest BCUT2D eigenvalue weighted by Gasteiger charge is 2.34. The van der Waals surface area contributed by atoms with E-state index in [1.54, 1.807) is 23.1 Å². The molecule has 1 N–H and O–H groups in total. The van der Waals surface area contributed by atoms with Gasteiger partial charge in [-0.3, -0.25) is 14.4 Å². The number of hydrogen-bond donors (Lipinski definition) is 1. The lowest BCUT2D eigenvalue weighted by Crippen LogP contribution is -2.44. The Balaban J connectivity index is 1.34. The SMILES string of the molecule is Cc1ccc(NC(=O)C2CSCN2C(=O)CCC(=O)c2ccc3c(c2)OCCO3)cc1C. The number of carbonyl (C=O) groups excluding carboxylic acids is 3. The molecule has 32 heavy (non-hydrogen) atoms. The van der Waals surface area contributed by atoms with E-state index in [0.29, 0.717) is 41.9 Å². The smallest absolute Gasteiger partial charge is 0.248 e. The van der Waals surface area contributed by atoms with Crippen LogP contribution in [0.3, 0.4) is 0 Å². The quantitative estimate of drug-likeness (QED) is 0.672. The number of amides is 2. The molecular formula is C24H26N2O5S. The van der Waals surface area contributed by atoms with Gasteiger partial charge in [0.15, 0.2) is 17.3 Å². The number of carbonyl (C=O) groups is 3. The largest absolute Gasteiger partial charge is 0.486 e. The van der Waals surface area contributed by atoms with Gasteiger partial charge in [0.25, 0.3) is 0 Å². The van der Waals surface area contributed by atoms with Crippen LogP contribution in [0.2, 0.25) is 0 Å². The third-order valence-electron chi connectivity index (χ3n) is 5.71. The molecule has 2 aliphatic heterocycles. The molecule has 0 aliphatic carbocycles. The Bertz CT molecular complexity index is 1050. The third kappa shape index (κ3) is 4.91. The van der Waals surface area contributed by atoms with Gasteiger partial charge in [-0.2, -0.15) is 0 Å². The van der Waals surface area contributed by atoms with Crippen molar-refractivity contribution in [2.45, 2.75) is 32.7 Å². The first-order chi connectivity index (χ1) is 15.4. The first kappa shape index (κ1) is 22.2. The first-order valence-electron chi connectivity index (χ1n) is 10.6. The summed E-state index contributed by atoms with van der Waals surface area (Å²) in [6, 6.07) is 10.3. The zero-order valence-corrected chi connectivity index (χ0v) is 19.0. The maximum Gasteiger partial charge on any atom is 0.248 e. The van der Waals surface area contributed by atoms with Crippen molar-refractivity contribution < 1.29 is 23.9 Å². The van der Waals surface area contributed by atoms with Crippen molar-refractivity contribution in [2.75, 3.05) is 30.2 Å². The normalized spacial score (nSPS) is 17.2. The van der Waals surface area contributed by atoms with Gasteiger partial charge in [0.05, 0.1) is 5.88 Å². The Hall–Kier alpha value is -3.00. The van der Waals surface area contributed by atoms with E-state index < -0.39 is 6.04 Å². The second kappa shape index (κ2) is 9.65. The number of ketones is 1. The van der Waals surface area contributed by atoms with E-state index in [1.165, 1.54) is 11.8 Å². The lowest BCUT2D eigenvalue weighted by molar-refractivity contribution is -0.136. The number of thioether (sulfide) groups is 1. The van der Waals surface area contributed by atoms with Crippen molar-refractivity contribution in [3.63, 3.8) is 0 Å². The fourth-order valence-electron chi connectivity index (χ4n) is 3.68. The zero-order valence-electron chi connectivity index (χ0n) is 18.2. The highest BCUT2D eigenvalue weighted by Crippen LogP contribution is 2.31. The second-order valence-electron chi connectivity index (χ2n) is 7.95. The summed E-state index contributed by atoms with van der Waals surface area (Å²) in [5, 5.41) is 2.92. The van der Waals surface area contributed by atoms with E-state index in [2.05, 4.69) is 5.32 Å². The summed E-state index contributed by atoms with van der Waals surface area (Å²) in [7, 11) is 0. The van der Waals surface area contributed by atoms with Gasteiger partial charge in [-0.1, -0.05) is 6.07 Å². The van der Waals surface area contributed by atoms with Crippen molar-refractivity contribution in [3.8, 4) is 11.5 Å². The van der Waals surface area contributed by atoms with Crippen molar-refractivity contribution in [1.29, 1.82) is 0 Å². The van der Waals surface area contributed by atoms with Crippen molar-refractivity contribution in [1.82, 2.24) is 4.90 Å². The molecule has 0 saturated carbocycles. The summed E-state index contributed by atoms with van der Waals surface area (Å²) in [6.07, 6.45) is 0.131. The molecule has 0 radical (unpaired) electrons. The molecular weight excluding hydrogens is 428 g/mol. The van der Waals surface area contributed by atoms with Crippen LogP contribution in [0.25, 0.3) is 0 Å². The van der Waals surface area contributed by atoms with Crippen LogP contribution in [0.5, 0.6) is 11.5 Å². The lowest BCUT2D eigenvalue weighted by atomic mass is 10.0. The summed E-state index contributed by atoms with van der Waals surface area (Å²) in [5.41, 5.74) is 3.45. The maximum absolute atomic E-state index is 12.8. The van der Waals surface area contributed by atoms with Crippen LogP contribution < -0.4 is 14.8 Å². The molecule has 1 fully saturated rings. The van der Waals surface area contributed by atoms with Crippen molar-refractivity contribution in [3.05, 3.63) is 53.1 Å². The molecule has 2 aromatic rings. The van der Waals surface area contributed by atoms with Gasteiger partial charge in [0.2, 0.25) is 11.8 Å². The zero-order chi connectivity index (χ0) is 22.7. The molecule has 168 valence electrons. The summed E-state index contributed by atoms with van der Waals surface area (Å²) in [4.78, 5) is 39.8. The number of nitrogens with one attached hydrogen (secondary N) is 1. The standard InChI is InChI=1S/C24H26N2O5S/c1-15-3-5-18(11-16(15)2)25-24(29)19-13-32-14-26(19)23(28)8-6-20(27)17-4-7-21-22(12-17)31-10-9-30-21/h3-5,7,11-12,19H,6,8-10,13-14H2,1-2H3,(H,25,29). The van der Waals surface area contributed by atoms with Crippen LogP contribution in [0.4, 0.5) is 5.69 Å². The number of ether oxygens (including phenoxy) is 2. The topological polar surface area (TPSA) is 84.9 Å². The molecule has 7 nitrogen and oxygen atoms in total. The number of hydrogen-bond acceptors (Lipinski definition) is 6. The van der Waals surface area contributed by atoms with Crippen LogP contribution >= 0.6 is 11.8 Å². The van der Waals surface area contributed by atoms with E-state index in [9.17, 15) is 14.4 Å². The predicted molar refractivity (Wildman–Crippen MR) is 124 cm³/mol. The second-order valence-corrected chi connectivity index (χ2v) is 8.95. The van der Waals surface area contributed by atoms with Gasteiger partial charge in [-0.05, 0) is 55.3 Å². The van der Waals surface area contributed by atoms with Crippen molar-refractivity contribution >= 4 is 35.0 Å². The van der Waals surface area contributed by atoms with Crippen molar-refractivity contribution in [2.24, 2.45) is 0 Å². The number of anilines is 1. The Morgan fingerprint density at radius 1 is 1.00 bits per heavy atom. The number of benzene rings is 2. The maximum atomic E-state index is 12.8. The molecule has 2 aromatic carbocycles. The van der Waals surface area contributed by atoms with Gasteiger partial charge in [-0.15, -0.1) is 11.8 Å². The summed E-state index contributed by atoms with van der Waals surface area (Å²) in [6.45, 7) is 4.94.